The summed E-state index contributed by atoms with van der Waals surface area (Å²) in [7, 11) is 0. The molecule has 0 aromatic heterocycles. The van der Waals surface area contributed by atoms with Crippen LogP contribution in [0, 0.1) is 0 Å². The summed E-state index contributed by atoms with van der Waals surface area (Å²) in [6, 6.07) is 15.8. The zero-order valence-electron chi connectivity index (χ0n) is 21.7. The molecule has 1 aliphatic rings. The summed E-state index contributed by atoms with van der Waals surface area (Å²) in [5.74, 6) is 0.326. The minimum Gasteiger partial charge on any atom is -0.479 e. The summed E-state index contributed by atoms with van der Waals surface area (Å²) in [5.41, 5.74) is 8.91. The molecule has 0 heterocycles. The number of nitrogens with zero attached hydrogens (tertiary/aromatic N) is 1. The van der Waals surface area contributed by atoms with Crippen molar-refractivity contribution in [3.05, 3.63) is 65.2 Å². The monoisotopic (exact) mass is 481 g/mol. The molecule has 0 bridgehead atoms. The van der Waals surface area contributed by atoms with Gasteiger partial charge in [-0.3, -0.25) is 0 Å². The summed E-state index contributed by atoms with van der Waals surface area (Å²) in [6.07, 6.45) is 4.95. The molecular formula is C29H41N2O4+. The molecule has 2 aromatic rings. The topological polar surface area (TPSA) is 78.6 Å². The highest BCUT2D eigenvalue weighted by molar-refractivity contribution is 5.82. The van der Waals surface area contributed by atoms with Crippen molar-refractivity contribution < 1.29 is 23.5 Å². The number of amides is 2. The van der Waals surface area contributed by atoms with Crippen LogP contribution in [0.15, 0.2) is 48.5 Å². The molecule has 6 heteroatoms. The third-order valence-electron chi connectivity index (χ3n) is 6.45. The second-order valence-corrected chi connectivity index (χ2v) is 10.6. The second kappa shape index (κ2) is 11.8. The van der Waals surface area contributed by atoms with Crippen molar-refractivity contribution in [2.75, 3.05) is 13.2 Å². The number of benzene rings is 2. The zero-order chi connectivity index (χ0) is 25.5. The average Bonchev–Trinajstić information content (AvgIpc) is 2.99. The molecule has 190 valence electrons. The van der Waals surface area contributed by atoms with E-state index in [0.717, 1.165) is 37.7 Å². The third kappa shape index (κ3) is 7.39. The molecule has 0 radical (unpaired) electrons. The Kier molecular flexibility index (Phi) is 9.09. The zero-order valence-corrected chi connectivity index (χ0v) is 21.7. The highest BCUT2D eigenvalue weighted by Gasteiger charge is 2.48. The first-order valence-electron chi connectivity index (χ1n) is 12.8. The molecule has 0 aliphatic heterocycles. The number of ether oxygens (including phenoxy) is 2. The van der Waals surface area contributed by atoms with E-state index in [4.69, 9.17) is 15.2 Å². The molecule has 2 amide bonds. The minimum absolute atomic E-state index is 0.143. The fourth-order valence-corrected chi connectivity index (χ4v) is 4.56. The normalized spacial score (nSPS) is 17.6. The number of aryl methyl sites for hydroxylation is 1. The number of carbonyl (C=O) groups is 2. The number of rotatable bonds is 8. The Balaban J connectivity index is 1.87. The lowest BCUT2D eigenvalue weighted by Crippen LogP contribution is -2.59. The van der Waals surface area contributed by atoms with Gasteiger partial charge in [-0.15, -0.1) is 0 Å². The van der Waals surface area contributed by atoms with Crippen LogP contribution in [-0.2, 0) is 28.9 Å². The van der Waals surface area contributed by atoms with Crippen LogP contribution in [0.1, 0.15) is 70.1 Å². The Morgan fingerprint density at radius 3 is 2.51 bits per heavy atom. The van der Waals surface area contributed by atoms with E-state index in [-0.39, 0.29) is 25.1 Å². The summed E-state index contributed by atoms with van der Waals surface area (Å²) in [4.78, 5) is 27.4. The number of hydrogen-bond donors (Lipinski definition) is 1. The molecular weight excluding hydrogens is 440 g/mol. The average molecular weight is 482 g/mol. The molecule has 3 rings (SSSR count). The van der Waals surface area contributed by atoms with E-state index in [2.05, 4.69) is 6.07 Å². The van der Waals surface area contributed by atoms with Gasteiger partial charge in [-0.05, 0) is 76.1 Å². The fraction of sp³-hybridized carbons (Fsp3) is 0.517. The van der Waals surface area contributed by atoms with Gasteiger partial charge in [0.25, 0.3) is 0 Å². The second-order valence-electron chi connectivity index (χ2n) is 10.6. The van der Waals surface area contributed by atoms with E-state index >= 15 is 0 Å². The molecule has 6 nitrogen and oxygen atoms in total. The fourth-order valence-electron chi connectivity index (χ4n) is 4.56. The van der Waals surface area contributed by atoms with Gasteiger partial charge in [0.05, 0.1) is 6.54 Å². The van der Waals surface area contributed by atoms with Crippen LogP contribution in [0.2, 0.25) is 0 Å². The van der Waals surface area contributed by atoms with E-state index in [1.165, 1.54) is 11.1 Å². The molecule has 0 fully saturated rings. The van der Waals surface area contributed by atoms with Gasteiger partial charge in [0.1, 0.15) is 17.9 Å². The standard InChI is InChI=1S/C29H41N2O4/c1-5-6-17-31(28(33)35-29(2,3)4,20-22-11-8-7-9-12-22)27(32)21-34-26-16-15-23-13-10-14-25(30)18-24(23)19-26/h7-9,11-12,15-16,19,25H,5-6,10,13-14,17-18,20-21,30H2,1-4H3/q+1. The Morgan fingerprint density at radius 2 is 1.83 bits per heavy atom. The van der Waals surface area contributed by atoms with E-state index < -0.39 is 16.2 Å². The number of imide groups is 1. The van der Waals surface area contributed by atoms with E-state index in [1.54, 1.807) is 0 Å². The van der Waals surface area contributed by atoms with Crippen molar-refractivity contribution in [3.63, 3.8) is 0 Å². The predicted molar refractivity (Wildman–Crippen MR) is 138 cm³/mol. The van der Waals surface area contributed by atoms with Crippen molar-refractivity contribution in [1.29, 1.82) is 0 Å². The highest BCUT2D eigenvalue weighted by atomic mass is 16.6. The van der Waals surface area contributed by atoms with Gasteiger partial charge >= 0.3 is 12.0 Å². The quantitative estimate of drug-likeness (QED) is 0.395. The van der Waals surface area contributed by atoms with Crippen LogP contribution >= 0.6 is 0 Å². The predicted octanol–water partition coefficient (Wildman–Crippen LogP) is 5.55. The summed E-state index contributed by atoms with van der Waals surface area (Å²) in [5, 5.41) is 0. The maximum atomic E-state index is 13.8. The summed E-state index contributed by atoms with van der Waals surface area (Å²) < 4.78 is 11.4. The molecule has 35 heavy (non-hydrogen) atoms. The maximum Gasteiger partial charge on any atom is 0.524 e. The van der Waals surface area contributed by atoms with Crippen LogP contribution in [0.25, 0.3) is 0 Å². The number of fused-ring (bicyclic) bond motifs is 1. The van der Waals surface area contributed by atoms with Crippen LogP contribution in [0.5, 0.6) is 5.75 Å². The number of unbranched alkanes of at least 4 members (excludes halogenated alkanes) is 1. The first-order chi connectivity index (χ1) is 16.6. The van der Waals surface area contributed by atoms with Gasteiger partial charge in [-0.2, -0.15) is 9.28 Å². The highest BCUT2D eigenvalue weighted by Crippen LogP contribution is 2.26. The summed E-state index contributed by atoms with van der Waals surface area (Å²) >= 11 is 0. The lowest BCUT2D eigenvalue weighted by molar-refractivity contribution is -0.798. The van der Waals surface area contributed by atoms with Crippen LogP contribution in [-0.4, -0.2) is 41.3 Å². The third-order valence-corrected chi connectivity index (χ3v) is 6.45. The molecule has 2 atom stereocenters. The Hall–Kier alpha value is -2.70. The van der Waals surface area contributed by atoms with Gasteiger partial charge < -0.3 is 15.2 Å². The smallest absolute Gasteiger partial charge is 0.479 e. The first kappa shape index (κ1) is 26.9. The SMILES string of the molecule is CCCC[N+](Cc1ccccc1)(C(=O)COc1ccc2c(c1)CC(N)CCC2)C(=O)OC(C)(C)C. The Bertz CT molecular complexity index is 999. The largest absolute Gasteiger partial charge is 0.524 e. The van der Waals surface area contributed by atoms with E-state index in [1.807, 2.05) is 70.2 Å². The van der Waals surface area contributed by atoms with Crippen LogP contribution in [0.4, 0.5) is 4.79 Å². The van der Waals surface area contributed by atoms with Gasteiger partial charge in [0, 0.05) is 11.6 Å². The van der Waals surface area contributed by atoms with Gasteiger partial charge in [-0.1, -0.05) is 49.7 Å². The molecule has 0 saturated heterocycles. The number of carbonyl (C=O) groups excluding carboxylic acids is 2. The molecule has 0 saturated carbocycles. The lowest BCUT2D eigenvalue weighted by atomic mass is 10.0. The van der Waals surface area contributed by atoms with E-state index in [9.17, 15) is 9.59 Å². The lowest BCUT2D eigenvalue weighted by Gasteiger charge is -2.34. The van der Waals surface area contributed by atoms with Gasteiger partial charge in [-0.25, -0.2) is 4.79 Å². The number of nitrogens with two attached hydrogens (primary N) is 1. The maximum absolute atomic E-state index is 13.8. The van der Waals surface area contributed by atoms with Gasteiger partial charge in [0.2, 0.25) is 6.61 Å². The van der Waals surface area contributed by atoms with Crippen molar-refractivity contribution in [3.8, 4) is 5.75 Å². The molecule has 2 unspecified atom stereocenters. The minimum atomic E-state index is -0.708. The van der Waals surface area contributed by atoms with Crippen LogP contribution in [0.3, 0.4) is 0 Å². The Labute approximate surface area is 210 Å². The van der Waals surface area contributed by atoms with Crippen molar-refractivity contribution in [2.24, 2.45) is 5.73 Å². The van der Waals surface area contributed by atoms with Crippen molar-refractivity contribution in [1.82, 2.24) is 0 Å². The molecule has 2 aromatic carbocycles. The van der Waals surface area contributed by atoms with Crippen molar-refractivity contribution in [2.45, 2.75) is 84.4 Å². The van der Waals surface area contributed by atoms with Crippen molar-refractivity contribution >= 4 is 12.0 Å². The number of quaternary nitrogens is 1. The van der Waals surface area contributed by atoms with E-state index in [0.29, 0.717) is 18.7 Å². The Morgan fingerprint density at radius 1 is 1.09 bits per heavy atom. The van der Waals surface area contributed by atoms with Crippen LogP contribution < -0.4 is 10.5 Å². The van der Waals surface area contributed by atoms with Gasteiger partial charge in [0.15, 0.2) is 0 Å². The first-order valence-corrected chi connectivity index (χ1v) is 12.8. The number of hydrogen-bond acceptors (Lipinski definition) is 5. The summed E-state index contributed by atoms with van der Waals surface area (Å²) in [6.45, 7) is 7.91. The molecule has 0 spiro atoms. The molecule has 1 aliphatic carbocycles. The molecule has 2 N–H and O–H groups in total.